The molecule has 1 amide bonds. The molecule has 0 aliphatic carbocycles. The first-order chi connectivity index (χ1) is 15.7. The lowest BCUT2D eigenvalue weighted by molar-refractivity contribution is -0.116. The Morgan fingerprint density at radius 2 is 1.70 bits per heavy atom. The molecular weight excluding hydrogens is 464 g/mol. The van der Waals surface area contributed by atoms with Gasteiger partial charge in [-0.05, 0) is 68.4 Å². The summed E-state index contributed by atoms with van der Waals surface area (Å²) >= 11 is 6.13. The van der Waals surface area contributed by atoms with Gasteiger partial charge in [-0.1, -0.05) is 29.8 Å². The van der Waals surface area contributed by atoms with Crippen LogP contribution >= 0.6 is 11.6 Å². The number of halogens is 1. The van der Waals surface area contributed by atoms with E-state index in [9.17, 15) is 13.2 Å². The van der Waals surface area contributed by atoms with Crippen LogP contribution in [-0.2, 0) is 14.8 Å². The predicted molar refractivity (Wildman–Crippen MR) is 131 cm³/mol. The molecule has 3 rings (SSSR count). The minimum atomic E-state index is -3.77. The maximum Gasteiger partial charge on any atom is 0.248 e. The van der Waals surface area contributed by atoms with Crippen molar-refractivity contribution in [2.24, 2.45) is 0 Å². The number of hydrogen-bond donors (Lipinski definition) is 1. The Labute approximate surface area is 198 Å². The van der Waals surface area contributed by atoms with Gasteiger partial charge in [0.2, 0.25) is 15.9 Å². The minimum absolute atomic E-state index is 0.323. The van der Waals surface area contributed by atoms with E-state index < -0.39 is 22.0 Å². The van der Waals surface area contributed by atoms with E-state index in [1.54, 1.807) is 54.6 Å². The SMILES string of the molecule is CCOc1ccc(N([C@H](C)C(=O)Nc2cc(Cl)ccc2Oc2ccccc2)S(C)(=O)=O)cc1. The molecule has 0 radical (unpaired) electrons. The second kappa shape index (κ2) is 10.6. The molecule has 1 N–H and O–H groups in total. The van der Waals surface area contributed by atoms with Crippen molar-refractivity contribution in [2.75, 3.05) is 22.5 Å². The van der Waals surface area contributed by atoms with Crippen molar-refractivity contribution >= 4 is 38.9 Å². The zero-order chi connectivity index (χ0) is 24.0. The second-order valence-corrected chi connectivity index (χ2v) is 9.50. The topological polar surface area (TPSA) is 84.9 Å². The fourth-order valence-electron chi connectivity index (χ4n) is 3.21. The standard InChI is InChI=1S/C24H25ClN2O5S/c1-4-31-20-13-11-19(12-14-20)27(33(3,29)30)17(2)24(28)26-22-16-18(25)10-15-23(22)32-21-8-6-5-7-9-21/h5-17H,4H2,1-3H3,(H,26,28)/t17-/m1/s1. The zero-order valence-electron chi connectivity index (χ0n) is 18.5. The van der Waals surface area contributed by atoms with Gasteiger partial charge >= 0.3 is 0 Å². The van der Waals surface area contributed by atoms with Gasteiger partial charge in [-0.2, -0.15) is 0 Å². The van der Waals surface area contributed by atoms with E-state index in [2.05, 4.69) is 5.32 Å². The fraction of sp³-hybridized carbons (Fsp3) is 0.208. The van der Waals surface area contributed by atoms with E-state index >= 15 is 0 Å². The summed E-state index contributed by atoms with van der Waals surface area (Å²) < 4.78 is 37.5. The first-order valence-electron chi connectivity index (χ1n) is 10.2. The average molecular weight is 489 g/mol. The number of amides is 1. The molecule has 0 aromatic heterocycles. The normalized spacial score (nSPS) is 12.0. The summed E-state index contributed by atoms with van der Waals surface area (Å²) in [6.45, 7) is 3.85. The molecule has 0 spiro atoms. The number of carbonyl (C=O) groups is 1. The van der Waals surface area contributed by atoms with Crippen LogP contribution in [-0.4, -0.2) is 33.2 Å². The molecule has 0 saturated heterocycles. The van der Waals surface area contributed by atoms with E-state index in [0.29, 0.717) is 40.3 Å². The van der Waals surface area contributed by atoms with Crippen LogP contribution in [0.5, 0.6) is 17.2 Å². The van der Waals surface area contributed by atoms with Crippen LogP contribution in [0.3, 0.4) is 0 Å². The van der Waals surface area contributed by atoms with Crippen LogP contribution in [0.1, 0.15) is 13.8 Å². The van der Waals surface area contributed by atoms with E-state index in [1.807, 2.05) is 25.1 Å². The third-order valence-corrected chi connectivity index (χ3v) is 6.14. The number of anilines is 2. The van der Waals surface area contributed by atoms with Crippen LogP contribution in [0.15, 0.2) is 72.8 Å². The van der Waals surface area contributed by atoms with E-state index in [4.69, 9.17) is 21.1 Å². The van der Waals surface area contributed by atoms with Crippen LogP contribution < -0.4 is 19.1 Å². The average Bonchev–Trinajstić information content (AvgIpc) is 2.77. The van der Waals surface area contributed by atoms with Gasteiger partial charge in [-0.15, -0.1) is 0 Å². The van der Waals surface area contributed by atoms with Crippen molar-refractivity contribution in [3.05, 3.63) is 77.8 Å². The Kier molecular flexibility index (Phi) is 7.84. The Morgan fingerprint density at radius 3 is 2.30 bits per heavy atom. The lowest BCUT2D eigenvalue weighted by atomic mass is 10.2. The fourth-order valence-corrected chi connectivity index (χ4v) is 4.55. The molecule has 0 saturated carbocycles. The van der Waals surface area contributed by atoms with Crippen LogP contribution in [0.4, 0.5) is 11.4 Å². The third-order valence-electron chi connectivity index (χ3n) is 4.66. The quantitative estimate of drug-likeness (QED) is 0.440. The molecule has 0 heterocycles. The summed E-state index contributed by atoms with van der Waals surface area (Å²) in [4.78, 5) is 13.1. The number of benzene rings is 3. The number of carbonyl (C=O) groups excluding carboxylic acids is 1. The van der Waals surface area contributed by atoms with Crippen LogP contribution in [0.25, 0.3) is 0 Å². The van der Waals surface area contributed by atoms with Gasteiger partial charge in [0.15, 0.2) is 5.75 Å². The van der Waals surface area contributed by atoms with Crippen LogP contribution in [0, 0.1) is 0 Å². The Hall–Kier alpha value is -3.23. The lowest BCUT2D eigenvalue weighted by Gasteiger charge is -2.28. The molecular formula is C24H25ClN2O5S. The molecule has 0 fully saturated rings. The van der Waals surface area contributed by atoms with E-state index in [1.165, 1.54) is 6.92 Å². The monoisotopic (exact) mass is 488 g/mol. The number of para-hydroxylation sites is 1. The Balaban J connectivity index is 1.86. The number of rotatable bonds is 9. The van der Waals surface area contributed by atoms with E-state index in [-0.39, 0.29) is 0 Å². The van der Waals surface area contributed by atoms with Gasteiger partial charge in [0.25, 0.3) is 0 Å². The number of ether oxygens (including phenoxy) is 2. The first-order valence-corrected chi connectivity index (χ1v) is 12.5. The zero-order valence-corrected chi connectivity index (χ0v) is 20.1. The molecule has 0 unspecified atom stereocenters. The summed E-state index contributed by atoms with van der Waals surface area (Å²) in [5.41, 5.74) is 0.666. The highest BCUT2D eigenvalue weighted by Crippen LogP contribution is 2.33. The van der Waals surface area contributed by atoms with Gasteiger partial charge in [-0.25, -0.2) is 8.42 Å². The van der Waals surface area contributed by atoms with Gasteiger partial charge < -0.3 is 14.8 Å². The van der Waals surface area contributed by atoms with E-state index in [0.717, 1.165) is 10.6 Å². The van der Waals surface area contributed by atoms with Gasteiger partial charge in [0.05, 0.1) is 24.2 Å². The molecule has 9 heteroatoms. The van der Waals surface area contributed by atoms with Crippen molar-refractivity contribution in [1.29, 1.82) is 0 Å². The van der Waals surface area contributed by atoms with Crippen molar-refractivity contribution in [1.82, 2.24) is 0 Å². The van der Waals surface area contributed by atoms with Gasteiger partial charge in [-0.3, -0.25) is 9.10 Å². The van der Waals surface area contributed by atoms with Crippen molar-refractivity contribution in [3.63, 3.8) is 0 Å². The third kappa shape index (κ3) is 6.40. The van der Waals surface area contributed by atoms with Crippen molar-refractivity contribution in [2.45, 2.75) is 19.9 Å². The summed E-state index contributed by atoms with van der Waals surface area (Å²) in [6, 6.07) is 19.3. The molecule has 0 aliphatic heterocycles. The largest absolute Gasteiger partial charge is 0.494 e. The highest BCUT2D eigenvalue weighted by Gasteiger charge is 2.29. The highest BCUT2D eigenvalue weighted by molar-refractivity contribution is 7.92. The number of hydrogen-bond acceptors (Lipinski definition) is 5. The highest BCUT2D eigenvalue weighted by atomic mass is 35.5. The van der Waals surface area contributed by atoms with Crippen molar-refractivity contribution in [3.8, 4) is 17.2 Å². The summed E-state index contributed by atoms with van der Waals surface area (Å²) in [7, 11) is -3.77. The van der Waals surface area contributed by atoms with Gasteiger partial charge in [0.1, 0.15) is 17.5 Å². The molecule has 3 aromatic rings. The first kappa shape index (κ1) is 24.4. The molecule has 33 heavy (non-hydrogen) atoms. The van der Waals surface area contributed by atoms with Crippen molar-refractivity contribution < 1.29 is 22.7 Å². The number of nitrogens with zero attached hydrogens (tertiary/aromatic N) is 1. The Morgan fingerprint density at radius 1 is 1.03 bits per heavy atom. The lowest BCUT2D eigenvalue weighted by Crippen LogP contribution is -2.45. The second-order valence-electron chi connectivity index (χ2n) is 7.21. The number of nitrogens with one attached hydrogen (secondary N) is 1. The van der Waals surface area contributed by atoms with Gasteiger partial charge in [0, 0.05) is 5.02 Å². The molecule has 174 valence electrons. The molecule has 7 nitrogen and oxygen atoms in total. The molecule has 3 aromatic carbocycles. The molecule has 0 aliphatic rings. The van der Waals surface area contributed by atoms with Crippen LogP contribution in [0.2, 0.25) is 5.02 Å². The maximum absolute atomic E-state index is 13.1. The predicted octanol–water partition coefficient (Wildman–Crippen LogP) is 5.32. The molecule has 0 bridgehead atoms. The summed E-state index contributed by atoms with van der Waals surface area (Å²) in [5, 5.41) is 3.14. The number of sulfonamides is 1. The maximum atomic E-state index is 13.1. The minimum Gasteiger partial charge on any atom is -0.494 e. The smallest absolute Gasteiger partial charge is 0.248 e. The molecule has 1 atom stereocenters. The summed E-state index contributed by atoms with van der Waals surface area (Å²) in [5.74, 6) is 1.01. The summed E-state index contributed by atoms with van der Waals surface area (Å²) in [6.07, 6.45) is 1.05. The Bertz CT molecular complexity index is 1200.